The lowest BCUT2D eigenvalue weighted by Crippen LogP contribution is -2.42. The zero-order chi connectivity index (χ0) is 28.1. The highest BCUT2D eigenvalue weighted by molar-refractivity contribution is 6.33. The number of pyridine rings is 1. The number of benzene rings is 1. The summed E-state index contributed by atoms with van der Waals surface area (Å²) in [6.45, 7) is 2.04. The van der Waals surface area contributed by atoms with Crippen molar-refractivity contribution in [1.29, 1.82) is 0 Å². The predicted octanol–water partition coefficient (Wildman–Crippen LogP) is 4.82. The number of oxazole rings is 1. The van der Waals surface area contributed by atoms with E-state index in [4.69, 9.17) is 20.8 Å². The molecule has 8 nitrogen and oxygen atoms in total. The number of hydrogen-bond acceptors (Lipinski definition) is 7. The van der Waals surface area contributed by atoms with Crippen LogP contribution in [0.4, 0.5) is 8.78 Å². The first kappa shape index (κ1) is 28.4. The van der Waals surface area contributed by atoms with Gasteiger partial charge in [-0.05, 0) is 60.9 Å². The van der Waals surface area contributed by atoms with Crippen molar-refractivity contribution < 1.29 is 27.8 Å². The number of carbonyl (C=O) groups excluding carboxylic acids is 1. The van der Waals surface area contributed by atoms with E-state index < -0.39 is 12.0 Å². The maximum Gasteiger partial charge on any atom is 0.251 e. The average molecular weight is 575 g/mol. The van der Waals surface area contributed by atoms with Crippen LogP contribution in [0.1, 0.15) is 58.6 Å². The van der Waals surface area contributed by atoms with E-state index in [0.717, 1.165) is 17.5 Å². The fourth-order valence-electron chi connectivity index (χ4n) is 5.53. The molecule has 1 saturated carbocycles. The summed E-state index contributed by atoms with van der Waals surface area (Å²) in [7, 11) is 0. The van der Waals surface area contributed by atoms with Gasteiger partial charge in [0, 0.05) is 56.5 Å². The van der Waals surface area contributed by atoms with Crippen LogP contribution in [0.5, 0.6) is 5.75 Å². The second kappa shape index (κ2) is 12.6. The molecule has 11 heteroatoms. The Hall–Kier alpha value is -3.08. The Morgan fingerprint density at radius 2 is 2.23 bits per heavy atom. The molecule has 0 radical (unpaired) electrons. The van der Waals surface area contributed by atoms with Crippen LogP contribution in [0.25, 0.3) is 0 Å². The number of nitrogens with one attached hydrogen (secondary N) is 1. The minimum absolute atomic E-state index is 0.0549. The van der Waals surface area contributed by atoms with Gasteiger partial charge in [0.25, 0.3) is 5.91 Å². The predicted molar refractivity (Wildman–Crippen MR) is 144 cm³/mol. The van der Waals surface area contributed by atoms with Crippen LogP contribution in [0, 0.1) is 5.92 Å². The molecule has 3 heterocycles. The first-order chi connectivity index (χ1) is 19.3. The van der Waals surface area contributed by atoms with Gasteiger partial charge < -0.3 is 19.6 Å². The summed E-state index contributed by atoms with van der Waals surface area (Å²) in [6.07, 6.45) is 5.90. The quantitative estimate of drug-likeness (QED) is 0.358. The molecule has 0 saturated heterocycles. The molecule has 5 rings (SSSR count). The molecule has 2 aromatic heterocycles. The second-order valence-corrected chi connectivity index (χ2v) is 11.1. The number of aliphatic hydroxyl groups excluding tert-OH is 1. The second-order valence-electron chi connectivity index (χ2n) is 10.7. The number of aliphatic hydroxyl groups is 1. The molecular weight excluding hydrogens is 542 g/mol. The molecule has 2 aliphatic rings. The molecule has 1 aliphatic heterocycles. The van der Waals surface area contributed by atoms with E-state index in [0.29, 0.717) is 66.7 Å². The summed E-state index contributed by atoms with van der Waals surface area (Å²) in [4.78, 5) is 23.0. The van der Waals surface area contributed by atoms with Crippen LogP contribution in [-0.2, 0) is 26.0 Å². The van der Waals surface area contributed by atoms with E-state index in [1.54, 1.807) is 18.3 Å². The lowest BCUT2D eigenvalue weighted by molar-refractivity contribution is -0.0523. The molecule has 3 aromatic rings. The topological polar surface area (TPSA) is 101 Å². The number of ether oxygens (including phenoxy) is 1. The molecule has 40 heavy (non-hydrogen) atoms. The van der Waals surface area contributed by atoms with E-state index in [1.165, 1.54) is 12.6 Å². The molecule has 1 aliphatic carbocycles. The maximum absolute atomic E-state index is 13.8. The van der Waals surface area contributed by atoms with E-state index in [-0.39, 0.29) is 37.8 Å². The van der Waals surface area contributed by atoms with E-state index >= 15 is 0 Å². The van der Waals surface area contributed by atoms with Crippen molar-refractivity contribution in [1.82, 2.24) is 20.2 Å². The largest absolute Gasteiger partial charge is 0.484 e. The average Bonchev–Trinajstić information content (AvgIpc) is 3.45. The standard InChI is InChI=1S/C29H33ClF2N4O4/c30-27-25-6-9-36(15-21(25)3-4-26(27)39-17-24-14-33-18-40-24)16-23(37)13-35-28(38)20-5-8-34-22(11-20)10-19-2-1-7-29(31,32)12-19/h3-5,8,11,14,18-19,23,37H,1-2,6-7,9-10,12-13,15-17H2,(H,35,38)/t19?,23-/m0/s1. The van der Waals surface area contributed by atoms with Crippen molar-refractivity contribution in [2.24, 2.45) is 5.92 Å². The Bertz CT molecular complexity index is 1310. The van der Waals surface area contributed by atoms with E-state index in [1.807, 2.05) is 12.1 Å². The van der Waals surface area contributed by atoms with Crippen molar-refractivity contribution >= 4 is 17.5 Å². The van der Waals surface area contributed by atoms with Crippen molar-refractivity contribution in [3.63, 3.8) is 0 Å². The van der Waals surface area contributed by atoms with Crippen LogP contribution in [0.2, 0.25) is 5.02 Å². The molecule has 1 aromatic carbocycles. The number of fused-ring (bicyclic) bond motifs is 1. The van der Waals surface area contributed by atoms with Crippen LogP contribution < -0.4 is 10.1 Å². The number of rotatable bonds is 10. The van der Waals surface area contributed by atoms with Gasteiger partial charge in [0.15, 0.2) is 12.2 Å². The van der Waals surface area contributed by atoms with Gasteiger partial charge >= 0.3 is 0 Å². The maximum atomic E-state index is 13.8. The minimum Gasteiger partial charge on any atom is -0.484 e. The number of β-amino-alcohol motifs (C(OH)–C–C–N with tert-alkyl or cyclic N) is 1. The van der Waals surface area contributed by atoms with E-state index in [2.05, 4.69) is 20.2 Å². The Kier molecular flexibility index (Phi) is 8.97. The van der Waals surface area contributed by atoms with Gasteiger partial charge in [-0.15, -0.1) is 0 Å². The van der Waals surface area contributed by atoms with Gasteiger partial charge in [0.1, 0.15) is 12.4 Å². The fourth-order valence-corrected chi connectivity index (χ4v) is 5.86. The van der Waals surface area contributed by atoms with Gasteiger partial charge in [-0.1, -0.05) is 17.7 Å². The number of alkyl halides is 2. The highest BCUT2D eigenvalue weighted by atomic mass is 35.5. The summed E-state index contributed by atoms with van der Waals surface area (Å²) >= 11 is 6.62. The number of carbonyl (C=O) groups is 1. The van der Waals surface area contributed by atoms with Crippen molar-refractivity contribution in [3.8, 4) is 5.75 Å². The molecule has 2 atom stereocenters. The number of aromatic nitrogens is 2. The molecule has 0 spiro atoms. The molecule has 1 unspecified atom stereocenters. The lowest BCUT2D eigenvalue weighted by atomic mass is 9.83. The van der Waals surface area contributed by atoms with Gasteiger partial charge in [-0.2, -0.15) is 0 Å². The van der Waals surface area contributed by atoms with Gasteiger partial charge in [-0.3, -0.25) is 14.7 Å². The van der Waals surface area contributed by atoms with Crippen molar-refractivity contribution in [2.75, 3.05) is 19.6 Å². The molecule has 214 valence electrons. The summed E-state index contributed by atoms with van der Waals surface area (Å²) in [5.74, 6) is -1.89. The Morgan fingerprint density at radius 1 is 1.35 bits per heavy atom. The normalized spacial score (nSPS) is 19.6. The third-order valence-corrected chi connectivity index (χ3v) is 7.93. The van der Waals surface area contributed by atoms with Crippen LogP contribution >= 0.6 is 11.6 Å². The highest BCUT2D eigenvalue weighted by Gasteiger charge is 2.36. The SMILES string of the molecule is O=C(NC[C@H](O)CN1CCc2c(ccc(OCc3cnco3)c2Cl)C1)c1ccnc(CC2CCCC(F)(F)C2)c1. The van der Waals surface area contributed by atoms with Crippen molar-refractivity contribution in [3.05, 3.63) is 76.2 Å². The molecule has 0 bridgehead atoms. The Balaban J connectivity index is 1.09. The third-order valence-electron chi connectivity index (χ3n) is 7.52. The fraction of sp³-hybridized carbons (Fsp3) is 0.483. The summed E-state index contributed by atoms with van der Waals surface area (Å²) in [5, 5.41) is 14.0. The minimum atomic E-state index is -2.62. The molecule has 1 amide bonds. The van der Waals surface area contributed by atoms with Crippen LogP contribution in [-0.4, -0.2) is 57.5 Å². The van der Waals surface area contributed by atoms with Crippen LogP contribution in [0.3, 0.4) is 0 Å². The highest BCUT2D eigenvalue weighted by Crippen LogP contribution is 2.38. The monoisotopic (exact) mass is 574 g/mol. The zero-order valence-electron chi connectivity index (χ0n) is 22.1. The first-order valence-electron chi connectivity index (χ1n) is 13.6. The summed E-state index contributed by atoms with van der Waals surface area (Å²) in [5.41, 5.74) is 3.14. The number of nitrogens with zero attached hydrogens (tertiary/aromatic N) is 3. The number of halogens is 3. The zero-order valence-corrected chi connectivity index (χ0v) is 22.9. The summed E-state index contributed by atoms with van der Waals surface area (Å²) in [6, 6.07) is 7.06. The van der Waals surface area contributed by atoms with Gasteiger partial charge in [0.2, 0.25) is 5.92 Å². The molecular formula is C29H33ClF2N4O4. The summed E-state index contributed by atoms with van der Waals surface area (Å²) < 4.78 is 38.5. The van der Waals surface area contributed by atoms with Crippen LogP contribution in [0.15, 0.2) is 47.5 Å². The molecule has 2 N–H and O–H groups in total. The third kappa shape index (κ3) is 7.35. The molecule has 1 fully saturated rings. The first-order valence-corrected chi connectivity index (χ1v) is 14.0. The number of amides is 1. The van der Waals surface area contributed by atoms with Gasteiger partial charge in [-0.25, -0.2) is 13.8 Å². The lowest BCUT2D eigenvalue weighted by Gasteiger charge is -2.31. The van der Waals surface area contributed by atoms with E-state index in [9.17, 15) is 18.7 Å². The van der Waals surface area contributed by atoms with Crippen molar-refractivity contribution in [2.45, 2.75) is 63.7 Å². The Morgan fingerprint density at radius 3 is 3.02 bits per heavy atom. The number of hydrogen-bond donors (Lipinski definition) is 2. The Labute approximate surface area is 236 Å². The van der Waals surface area contributed by atoms with Gasteiger partial charge in [0.05, 0.1) is 17.3 Å². The smallest absolute Gasteiger partial charge is 0.251 e.